The van der Waals surface area contributed by atoms with E-state index in [4.69, 9.17) is 0 Å². The summed E-state index contributed by atoms with van der Waals surface area (Å²) in [6, 6.07) is 41.4. The largest absolute Gasteiger partial charge is 0.321 e. The minimum absolute atomic E-state index is 0.0435. The van der Waals surface area contributed by atoms with Crippen molar-refractivity contribution in [3.05, 3.63) is 161 Å². The van der Waals surface area contributed by atoms with Crippen LogP contribution in [0.5, 0.6) is 0 Å². The maximum Gasteiger partial charge on any atom is 0.272 e. The summed E-state index contributed by atoms with van der Waals surface area (Å²) in [5.41, 5.74) is 5.88. The highest BCUT2D eigenvalue weighted by Gasteiger charge is 2.15. The third-order valence-electron chi connectivity index (χ3n) is 6.71. The van der Waals surface area contributed by atoms with Gasteiger partial charge in [-0.2, -0.15) is 0 Å². The first-order chi connectivity index (χ1) is 20.9. The lowest BCUT2D eigenvalue weighted by Gasteiger charge is -2.12. The van der Waals surface area contributed by atoms with Crippen LogP contribution in [0.3, 0.4) is 0 Å². The van der Waals surface area contributed by atoms with Gasteiger partial charge in [-0.15, -0.1) is 11.8 Å². The monoisotopic (exact) mass is 582 g/mol. The molecule has 0 aliphatic heterocycles. The van der Waals surface area contributed by atoms with Crippen molar-refractivity contribution in [2.45, 2.75) is 11.8 Å². The molecule has 212 valence electrons. The normalized spacial score (nSPS) is 11.0. The summed E-state index contributed by atoms with van der Waals surface area (Å²) in [5.74, 6) is -0.479. The molecule has 0 bridgehead atoms. The van der Waals surface area contributed by atoms with Crippen molar-refractivity contribution in [3.63, 3.8) is 0 Å². The molecule has 5 aromatic rings. The number of thioether (sulfide) groups is 1. The summed E-state index contributed by atoms with van der Waals surface area (Å²) < 4.78 is 0. The molecule has 2 N–H and O–H groups in total. The van der Waals surface area contributed by atoms with Gasteiger partial charge >= 0.3 is 0 Å². The molecule has 6 heteroatoms. The van der Waals surface area contributed by atoms with Gasteiger partial charge in [0, 0.05) is 21.7 Å². The van der Waals surface area contributed by atoms with E-state index in [1.807, 2.05) is 104 Å². The van der Waals surface area contributed by atoms with Crippen molar-refractivity contribution in [1.82, 2.24) is 5.32 Å². The molecule has 2 amide bonds. The molecule has 0 atom stereocenters. The van der Waals surface area contributed by atoms with Crippen LogP contribution in [0.25, 0.3) is 17.2 Å². The number of carbonyl (C=O) groups excluding carboxylic acids is 3. The van der Waals surface area contributed by atoms with Gasteiger partial charge in [0.2, 0.25) is 0 Å². The Hall–Kier alpha value is -5.20. The quantitative estimate of drug-likeness (QED) is 0.0993. The van der Waals surface area contributed by atoms with Crippen molar-refractivity contribution >= 4 is 41.1 Å². The minimum atomic E-state index is -0.445. The lowest BCUT2D eigenvalue weighted by molar-refractivity contribution is -0.113. The lowest BCUT2D eigenvalue weighted by atomic mass is 10.0. The van der Waals surface area contributed by atoms with Crippen LogP contribution in [0.1, 0.15) is 31.8 Å². The molecule has 0 saturated heterocycles. The van der Waals surface area contributed by atoms with Crippen molar-refractivity contribution in [1.29, 1.82) is 0 Å². The molecule has 0 fully saturated rings. The van der Waals surface area contributed by atoms with Crippen LogP contribution in [0.4, 0.5) is 5.69 Å². The fraction of sp³-hybridized carbons (Fsp3) is 0.0541. The number of hydrogen-bond donors (Lipinski definition) is 2. The van der Waals surface area contributed by atoms with Gasteiger partial charge in [0.05, 0.1) is 5.75 Å². The molecule has 5 nitrogen and oxygen atoms in total. The van der Waals surface area contributed by atoms with E-state index in [0.717, 1.165) is 27.1 Å². The van der Waals surface area contributed by atoms with Gasteiger partial charge in [-0.25, -0.2) is 0 Å². The van der Waals surface area contributed by atoms with Crippen LogP contribution >= 0.6 is 11.8 Å². The van der Waals surface area contributed by atoms with E-state index in [2.05, 4.69) is 10.6 Å². The fourth-order valence-corrected chi connectivity index (χ4v) is 5.11. The summed E-state index contributed by atoms with van der Waals surface area (Å²) in [6.45, 7) is 1.99. The predicted molar refractivity (Wildman–Crippen MR) is 175 cm³/mol. The number of hydrogen-bond acceptors (Lipinski definition) is 4. The molecule has 5 rings (SSSR count). The van der Waals surface area contributed by atoms with Crippen molar-refractivity contribution < 1.29 is 14.4 Å². The molecule has 43 heavy (non-hydrogen) atoms. The zero-order valence-corrected chi connectivity index (χ0v) is 24.4. The smallest absolute Gasteiger partial charge is 0.272 e. The summed E-state index contributed by atoms with van der Waals surface area (Å²) in [5, 5.41) is 5.63. The average Bonchev–Trinajstić information content (AvgIpc) is 3.05. The molecule has 0 radical (unpaired) electrons. The molecule has 0 spiro atoms. The first-order valence-corrected chi connectivity index (χ1v) is 14.8. The summed E-state index contributed by atoms with van der Waals surface area (Å²) >= 11 is 1.44. The highest BCUT2D eigenvalue weighted by molar-refractivity contribution is 8.00. The van der Waals surface area contributed by atoms with Gasteiger partial charge in [-0.1, -0.05) is 103 Å². The highest BCUT2D eigenvalue weighted by atomic mass is 32.2. The molecular weight excluding hydrogens is 552 g/mol. The maximum absolute atomic E-state index is 13.3. The molecule has 0 aliphatic rings. The number of nitrogens with one attached hydrogen (secondary N) is 2. The number of aryl methyl sites for hydroxylation is 1. The number of ketones is 1. The van der Waals surface area contributed by atoms with E-state index in [0.29, 0.717) is 22.6 Å². The van der Waals surface area contributed by atoms with Crippen molar-refractivity contribution in [2.24, 2.45) is 0 Å². The van der Waals surface area contributed by atoms with Gasteiger partial charge in [0.15, 0.2) is 5.78 Å². The first kappa shape index (κ1) is 29.3. The number of carbonyl (C=O) groups is 3. The maximum atomic E-state index is 13.3. The van der Waals surface area contributed by atoms with E-state index in [1.165, 1.54) is 11.8 Å². The zero-order valence-electron chi connectivity index (χ0n) is 23.6. The molecular formula is C37H30N2O3S. The number of benzene rings is 5. The van der Waals surface area contributed by atoms with Crippen LogP contribution in [-0.2, 0) is 4.79 Å². The predicted octanol–water partition coefficient (Wildman–Crippen LogP) is 8.05. The van der Waals surface area contributed by atoms with Crippen LogP contribution in [0, 0.1) is 6.92 Å². The number of amides is 2. The third kappa shape index (κ3) is 8.18. The van der Waals surface area contributed by atoms with E-state index in [1.54, 1.807) is 42.5 Å². The fourth-order valence-electron chi connectivity index (χ4n) is 4.32. The van der Waals surface area contributed by atoms with Gasteiger partial charge in [-0.05, 0) is 66.1 Å². The van der Waals surface area contributed by atoms with Crippen LogP contribution in [0.2, 0.25) is 0 Å². The summed E-state index contributed by atoms with van der Waals surface area (Å²) in [6.07, 6.45) is 1.65. The first-order valence-electron chi connectivity index (χ1n) is 13.8. The van der Waals surface area contributed by atoms with Crippen LogP contribution < -0.4 is 10.6 Å². The Bertz CT molecular complexity index is 1730. The van der Waals surface area contributed by atoms with Gasteiger partial charge in [-0.3, -0.25) is 14.4 Å². The Morgan fingerprint density at radius 1 is 0.651 bits per heavy atom. The Labute approximate surface area is 255 Å². The lowest BCUT2D eigenvalue weighted by Crippen LogP contribution is -2.30. The van der Waals surface area contributed by atoms with E-state index in [9.17, 15) is 14.4 Å². The van der Waals surface area contributed by atoms with E-state index >= 15 is 0 Å². The molecule has 0 aromatic heterocycles. The standard InChI is InChI=1S/C37H30N2O3S/c1-26-12-14-27(15-13-26)24-34(39-36(41)31-10-6-3-7-11-31)37(42)38-32-20-22-33(23-21-32)43-25-35(40)30-18-16-29(17-19-30)28-8-4-2-5-9-28/h2-24H,25H2,1H3,(H,38,42)(H,39,41)/b34-24-. The van der Waals surface area contributed by atoms with Crippen molar-refractivity contribution in [3.8, 4) is 11.1 Å². The van der Waals surface area contributed by atoms with Gasteiger partial charge < -0.3 is 10.6 Å². The van der Waals surface area contributed by atoms with E-state index < -0.39 is 5.91 Å². The Kier molecular flexibility index (Phi) is 9.62. The van der Waals surface area contributed by atoms with Gasteiger partial charge in [0.25, 0.3) is 11.8 Å². The van der Waals surface area contributed by atoms with Crippen LogP contribution in [-0.4, -0.2) is 23.4 Å². The zero-order chi connectivity index (χ0) is 30.0. The highest BCUT2D eigenvalue weighted by Crippen LogP contribution is 2.24. The summed E-state index contributed by atoms with van der Waals surface area (Å²) in [7, 11) is 0. The van der Waals surface area contributed by atoms with Crippen molar-refractivity contribution in [2.75, 3.05) is 11.1 Å². The topological polar surface area (TPSA) is 75.3 Å². The Morgan fingerprint density at radius 2 is 1.26 bits per heavy atom. The van der Waals surface area contributed by atoms with E-state index in [-0.39, 0.29) is 17.4 Å². The molecule has 0 saturated carbocycles. The second kappa shape index (κ2) is 14.1. The number of Topliss-reactive ketones (excluding diaryl/α,β-unsaturated/α-hetero) is 1. The van der Waals surface area contributed by atoms with Gasteiger partial charge in [0.1, 0.15) is 5.70 Å². The van der Waals surface area contributed by atoms with Crippen LogP contribution in [0.15, 0.2) is 144 Å². The third-order valence-corrected chi connectivity index (χ3v) is 7.73. The Morgan fingerprint density at radius 3 is 1.91 bits per heavy atom. The SMILES string of the molecule is Cc1ccc(/C=C(\NC(=O)c2ccccc2)C(=O)Nc2ccc(SCC(=O)c3ccc(-c4ccccc4)cc3)cc2)cc1. The molecule has 5 aromatic carbocycles. The Balaban J connectivity index is 1.21. The second-order valence-corrected chi connectivity index (χ2v) is 11.0. The molecule has 0 unspecified atom stereocenters. The second-order valence-electron chi connectivity index (χ2n) is 9.92. The minimum Gasteiger partial charge on any atom is -0.321 e. The number of anilines is 1. The molecule has 0 heterocycles. The summed E-state index contributed by atoms with van der Waals surface area (Å²) in [4.78, 5) is 39.8. The average molecular weight is 583 g/mol. The molecule has 0 aliphatic carbocycles. The number of rotatable bonds is 10.